The number of rotatable bonds is 3. The van der Waals surface area contributed by atoms with Gasteiger partial charge in [-0.1, -0.05) is 6.42 Å². The first-order chi connectivity index (χ1) is 8.49. The molecule has 0 radical (unpaired) electrons. The number of hydrogen-bond acceptors (Lipinski definition) is 4. The molecule has 2 aliphatic rings. The highest BCUT2D eigenvalue weighted by atomic mass is 16.5. The van der Waals surface area contributed by atoms with Crippen molar-refractivity contribution in [3.8, 4) is 0 Å². The van der Waals surface area contributed by atoms with Gasteiger partial charge >= 0.3 is 5.97 Å². The predicted molar refractivity (Wildman–Crippen MR) is 61.9 cm³/mol. The third-order valence-corrected chi connectivity index (χ3v) is 3.84. The van der Waals surface area contributed by atoms with Gasteiger partial charge in [-0.05, 0) is 19.8 Å². The van der Waals surface area contributed by atoms with Gasteiger partial charge in [0.2, 0.25) is 5.91 Å². The third-order valence-electron chi connectivity index (χ3n) is 3.84. The molecule has 1 aliphatic heterocycles. The molecule has 2 unspecified atom stereocenters. The molecule has 0 spiro atoms. The summed E-state index contributed by atoms with van der Waals surface area (Å²) >= 11 is 0. The number of carbonyl (C=O) groups is 2. The van der Waals surface area contributed by atoms with Crippen LogP contribution >= 0.6 is 0 Å². The Hall–Kier alpha value is -1.14. The lowest BCUT2D eigenvalue weighted by Gasteiger charge is -2.43. The number of hydrogen-bond donors (Lipinski definition) is 2. The molecule has 1 aliphatic carbocycles. The Morgan fingerprint density at radius 3 is 2.50 bits per heavy atom. The van der Waals surface area contributed by atoms with Crippen LogP contribution in [-0.2, 0) is 14.3 Å². The first-order valence-corrected chi connectivity index (χ1v) is 6.28. The standard InChI is InChI=1S/C12H19NO5/c1-8-5-13(6-9(7-14)18-8)10(15)12(11(16)17)3-2-4-12/h8-9,14H,2-7H2,1H3,(H,16,17). The van der Waals surface area contributed by atoms with Gasteiger partial charge in [-0.25, -0.2) is 0 Å². The number of aliphatic hydroxyl groups is 1. The Balaban J connectivity index is 2.10. The molecule has 1 heterocycles. The molecule has 6 nitrogen and oxygen atoms in total. The Morgan fingerprint density at radius 1 is 1.39 bits per heavy atom. The number of ether oxygens (including phenoxy) is 1. The smallest absolute Gasteiger partial charge is 0.319 e. The Kier molecular flexibility index (Phi) is 3.59. The van der Waals surface area contributed by atoms with E-state index in [2.05, 4.69) is 0 Å². The Labute approximate surface area is 106 Å². The lowest BCUT2D eigenvalue weighted by molar-refractivity contribution is -0.174. The highest BCUT2D eigenvalue weighted by molar-refractivity contribution is 6.02. The topological polar surface area (TPSA) is 87.1 Å². The lowest BCUT2D eigenvalue weighted by Crippen LogP contribution is -2.58. The zero-order chi connectivity index (χ0) is 13.3. The summed E-state index contributed by atoms with van der Waals surface area (Å²) in [6.45, 7) is 2.32. The summed E-state index contributed by atoms with van der Waals surface area (Å²) in [5.74, 6) is -1.35. The van der Waals surface area contributed by atoms with Crippen molar-refractivity contribution in [2.24, 2.45) is 5.41 Å². The monoisotopic (exact) mass is 257 g/mol. The third kappa shape index (κ3) is 2.10. The summed E-state index contributed by atoms with van der Waals surface area (Å²) in [4.78, 5) is 25.2. The van der Waals surface area contributed by atoms with Crippen LogP contribution < -0.4 is 0 Å². The fraction of sp³-hybridized carbons (Fsp3) is 0.833. The van der Waals surface area contributed by atoms with E-state index in [9.17, 15) is 14.7 Å². The van der Waals surface area contributed by atoms with Gasteiger partial charge in [-0.3, -0.25) is 9.59 Å². The van der Waals surface area contributed by atoms with E-state index < -0.39 is 17.5 Å². The van der Waals surface area contributed by atoms with Gasteiger partial charge in [0.15, 0.2) is 0 Å². The number of carboxylic acids is 1. The molecule has 1 amide bonds. The fourth-order valence-electron chi connectivity index (χ4n) is 2.66. The maximum atomic E-state index is 12.4. The van der Waals surface area contributed by atoms with Crippen molar-refractivity contribution in [3.63, 3.8) is 0 Å². The van der Waals surface area contributed by atoms with Crippen LogP contribution in [-0.4, -0.2) is 58.9 Å². The van der Waals surface area contributed by atoms with E-state index in [1.807, 2.05) is 6.92 Å². The van der Waals surface area contributed by atoms with Crippen LogP contribution in [0.3, 0.4) is 0 Å². The summed E-state index contributed by atoms with van der Waals surface area (Å²) in [5, 5.41) is 18.4. The van der Waals surface area contributed by atoms with E-state index in [4.69, 9.17) is 9.84 Å². The zero-order valence-electron chi connectivity index (χ0n) is 10.5. The van der Waals surface area contributed by atoms with Gasteiger partial charge in [0.1, 0.15) is 5.41 Å². The van der Waals surface area contributed by atoms with Gasteiger partial charge in [0, 0.05) is 13.1 Å². The molecular formula is C12H19NO5. The zero-order valence-corrected chi connectivity index (χ0v) is 10.5. The van der Waals surface area contributed by atoms with E-state index in [0.717, 1.165) is 6.42 Å². The largest absolute Gasteiger partial charge is 0.480 e. The maximum Gasteiger partial charge on any atom is 0.319 e. The van der Waals surface area contributed by atoms with Gasteiger partial charge in [0.25, 0.3) is 0 Å². The fourth-order valence-corrected chi connectivity index (χ4v) is 2.66. The minimum absolute atomic E-state index is 0.159. The number of carboxylic acid groups (broad SMARTS) is 1. The van der Waals surface area contributed by atoms with E-state index in [-0.39, 0.29) is 25.2 Å². The van der Waals surface area contributed by atoms with Crippen LogP contribution in [0.5, 0.6) is 0 Å². The molecule has 18 heavy (non-hydrogen) atoms. The lowest BCUT2D eigenvalue weighted by atomic mass is 9.67. The normalized spacial score (nSPS) is 30.7. The molecule has 1 saturated carbocycles. The molecule has 0 aromatic carbocycles. The van der Waals surface area contributed by atoms with Gasteiger partial charge < -0.3 is 19.8 Å². The van der Waals surface area contributed by atoms with Gasteiger partial charge in [-0.2, -0.15) is 0 Å². The maximum absolute atomic E-state index is 12.4. The van der Waals surface area contributed by atoms with Crippen molar-refractivity contribution < 1.29 is 24.5 Å². The van der Waals surface area contributed by atoms with Crippen molar-refractivity contribution >= 4 is 11.9 Å². The number of nitrogens with zero attached hydrogens (tertiary/aromatic N) is 1. The Morgan fingerprint density at radius 2 is 2.06 bits per heavy atom. The molecule has 0 aromatic heterocycles. The second-order valence-corrected chi connectivity index (χ2v) is 5.20. The van der Waals surface area contributed by atoms with Crippen LogP contribution in [0.2, 0.25) is 0 Å². The first kappa shape index (κ1) is 13.3. The van der Waals surface area contributed by atoms with Crippen LogP contribution in [0.15, 0.2) is 0 Å². The summed E-state index contributed by atoms with van der Waals surface area (Å²) in [6, 6.07) is 0. The van der Waals surface area contributed by atoms with Crippen molar-refractivity contribution in [1.29, 1.82) is 0 Å². The molecule has 2 N–H and O–H groups in total. The molecule has 2 rings (SSSR count). The number of carbonyl (C=O) groups excluding carboxylic acids is 1. The predicted octanol–water partition coefficient (Wildman–Crippen LogP) is -0.151. The minimum Gasteiger partial charge on any atom is -0.480 e. The van der Waals surface area contributed by atoms with Crippen LogP contribution in [0.1, 0.15) is 26.2 Å². The van der Waals surface area contributed by atoms with Crippen LogP contribution in [0.4, 0.5) is 0 Å². The minimum atomic E-state index is -1.23. The number of aliphatic hydroxyl groups excluding tert-OH is 1. The molecule has 2 atom stereocenters. The first-order valence-electron chi connectivity index (χ1n) is 6.28. The number of aliphatic carboxylic acids is 1. The second kappa shape index (κ2) is 4.85. The average Bonchev–Trinajstić information content (AvgIpc) is 2.25. The van der Waals surface area contributed by atoms with Gasteiger partial charge in [0.05, 0.1) is 18.8 Å². The van der Waals surface area contributed by atoms with Gasteiger partial charge in [-0.15, -0.1) is 0 Å². The number of morpholine rings is 1. The highest BCUT2D eigenvalue weighted by Crippen LogP contribution is 2.43. The molecule has 2 fully saturated rings. The number of amides is 1. The van der Waals surface area contributed by atoms with Crippen molar-refractivity contribution in [1.82, 2.24) is 4.90 Å². The van der Waals surface area contributed by atoms with Crippen molar-refractivity contribution in [3.05, 3.63) is 0 Å². The van der Waals surface area contributed by atoms with Crippen molar-refractivity contribution in [2.45, 2.75) is 38.4 Å². The van der Waals surface area contributed by atoms with Crippen LogP contribution in [0, 0.1) is 5.41 Å². The van der Waals surface area contributed by atoms with E-state index in [1.165, 1.54) is 4.90 Å². The van der Waals surface area contributed by atoms with E-state index in [1.54, 1.807) is 0 Å². The Bertz CT molecular complexity index is 352. The highest BCUT2D eigenvalue weighted by Gasteiger charge is 2.53. The van der Waals surface area contributed by atoms with Crippen molar-refractivity contribution in [2.75, 3.05) is 19.7 Å². The quantitative estimate of drug-likeness (QED) is 0.687. The molecular weight excluding hydrogens is 238 g/mol. The molecule has 0 aromatic rings. The second-order valence-electron chi connectivity index (χ2n) is 5.20. The molecule has 6 heteroatoms. The molecule has 1 saturated heterocycles. The van der Waals surface area contributed by atoms with E-state index >= 15 is 0 Å². The summed E-state index contributed by atoms with van der Waals surface area (Å²) in [5.41, 5.74) is -1.23. The summed E-state index contributed by atoms with van der Waals surface area (Å²) in [7, 11) is 0. The SMILES string of the molecule is CC1CN(C(=O)C2(C(=O)O)CCC2)CC(CO)O1. The molecule has 0 bridgehead atoms. The van der Waals surface area contributed by atoms with Crippen LogP contribution in [0.25, 0.3) is 0 Å². The summed E-state index contributed by atoms with van der Waals surface area (Å²) in [6.07, 6.45) is 1.02. The van der Waals surface area contributed by atoms with E-state index in [0.29, 0.717) is 19.4 Å². The molecule has 102 valence electrons. The summed E-state index contributed by atoms with van der Waals surface area (Å²) < 4.78 is 5.45. The average molecular weight is 257 g/mol.